The van der Waals surface area contributed by atoms with Crippen LogP contribution in [0.25, 0.3) is 21.9 Å². The molecule has 0 spiro atoms. The van der Waals surface area contributed by atoms with E-state index in [-0.39, 0.29) is 22.8 Å². The van der Waals surface area contributed by atoms with Gasteiger partial charge in [-0.05, 0) is 71.8 Å². The molecule has 3 N–H and O–H groups in total. The number of phenolic OH excluding ortho intramolecular Hbond substituents is 3. The lowest BCUT2D eigenvalue weighted by Gasteiger charge is -2.13. The Bertz CT molecular complexity index is 942. The lowest BCUT2D eigenvalue weighted by Crippen LogP contribution is -1.90. The fourth-order valence-corrected chi connectivity index (χ4v) is 2.72. The lowest BCUT2D eigenvalue weighted by molar-refractivity contribution is 0.112. The first-order valence-electron chi connectivity index (χ1n) is 7.17. The number of hydrogen-bond donors (Lipinski definition) is 3. The van der Waals surface area contributed by atoms with Crippen LogP contribution in [0.5, 0.6) is 17.2 Å². The Labute approximate surface area is 133 Å². The monoisotopic (exact) mass is 308 g/mol. The molecule has 3 aromatic rings. The van der Waals surface area contributed by atoms with Crippen LogP contribution in [0, 0.1) is 13.8 Å². The van der Waals surface area contributed by atoms with Crippen molar-refractivity contribution >= 4 is 17.1 Å². The molecule has 0 aliphatic rings. The maximum Gasteiger partial charge on any atom is 0.153 e. The van der Waals surface area contributed by atoms with Gasteiger partial charge < -0.3 is 15.3 Å². The zero-order valence-corrected chi connectivity index (χ0v) is 12.8. The van der Waals surface area contributed by atoms with E-state index in [4.69, 9.17) is 0 Å². The van der Waals surface area contributed by atoms with Crippen LogP contribution in [-0.2, 0) is 0 Å². The van der Waals surface area contributed by atoms with Crippen LogP contribution in [0.2, 0.25) is 0 Å². The molecule has 0 saturated heterocycles. The summed E-state index contributed by atoms with van der Waals surface area (Å²) in [7, 11) is 0. The standard InChI is InChI=1S/C19H16O4/c1-10-5-12(3-4-17(10)21)14-7-13(9-20)19(23)16-8-18(22)11(2)6-15(14)16/h3-9,21-23H,1-2H3. The molecule has 4 nitrogen and oxygen atoms in total. The third-order valence-electron chi connectivity index (χ3n) is 4.09. The number of rotatable bonds is 2. The van der Waals surface area contributed by atoms with Gasteiger partial charge in [-0.3, -0.25) is 4.79 Å². The van der Waals surface area contributed by atoms with Gasteiger partial charge >= 0.3 is 0 Å². The number of aryl methyl sites for hydroxylation is 2. The van der Waals surface area contributed by atoms with Gasteiger partial charge in [-0.1, -0.05) is 6.07 Å². The van der Waals surface area contributed by atoms with Crippen molar-refractivity contribution in [1.82, 2.24) is 0 Å². The molecule has 3 aromatic carbocycles. The Kier molecular flexibility index (Phi) is 3.45. The minimum absolute atomic E-state index is 0.0590. The average Bonchev–Trinajstić information content (AvgIpc) is 2.53. The van der Waals surface area contributed by atoms with Crippen LogP contribution in [-0.4, -0.2) is 21.6 Å². The number of hydrogen-bond acceptors (Lipinski definition) is 4. The molecular formula is C19H16O4. The van der Waals surface area contributed by atoms with Crippen molar-refractivity contribution < 1.29 is 20.1 Å². The Morgan fingerprint density at radius 1 is 0.826 bits per heavy atom. The van der Waals surface area contributed by atoms with Crippen LogP contribution < -0.4 is 0 Å². The van der Waals surface area contributed by atoms with Crippen molar-refractivity contribution in [1.29, 1.82) is 0 Å². The van der Waals surface area contributed by atoms with E-state index < -0.39 is 0 Å². The van der Waals surface area contributed by atoms with E-state index in [9.17, 15) is 20.1 Å². The Hall–Kier alpha value is -3.01. The minimum Gasteiger partial charge on any atom is -0.508 e. The molecule has 0 aliphatic carbocycles. The van der Waals surface area contributed by atoms with Crippen LogP contribution in [0.1, 0.15) is 21.5 Å². The maximum absolute atomic E-state index is 11.3. The molecule has 0 aliphatic heterocycles. The van der Waals surface area contributed by atoms with E-state index in [1.807, 2.05) is 6.07 Å². The second-order valence-corrected chi connectivity index (χ2v) is 5.67. The van der Waals surface area contributed by atoms with E-state index in [0.29, 0.717) is 22.8 Å². The second kappa shape index (κ2) is 5.32. The number of carbonyl (C=O) groups is 1. The molecule has 0 bridgehead atoms. The van der Waals surface area contributed by atoms with Crippen LogP contribution in [0.3, 0.4) is 0 Å². The Morgan fingerprint density at radius 2 is 1.52 bits per heavy atom. The number of aromatic hydroxyl groups is 3. The molecule has 3 rings (SSSR count). The summed E-state index contributed by atoms with van der Waals surface area (Å²) in [5, 5.41) is 31.0. The molecule has 23 heavy (non-hydrogen) atoms. The van der Waals surface area contributed by atoms with Gasteiger partial charge in [0.2, 0.25) is 0 Å². The lowest BCUT2D eigenvalue weighted by atomic mass is 9.92. The second-order valence-electron chi connectivity index (χ2n) is 5.67. The SMILES string of the molecule is Cc1cc(-c2cc(C=O)c(O)c3cc(O)c(C)cc23)ccc1O. The van der Waals surface area contributed by atoms with Gasteiger partial charge in [0, 0.05) is 5.39 Å². The predicted octanol–water partition coefficient (Wildman–Crippen LogP) is 4.05. The first-order valence-corrected chi connectivity index (χ1v) is 7.17. The Morgan fingerprint density at radius 3 is 2.17 bits per heavy atom. The van der Waals surface area contributed by atoms with Crippen molar-refractivity contribution in [2.24, 2.45) is 0 Å². The van der Waals surface area contributed by atoms with Crippen LogP contribution >= 0.6 is 0 Å². The van der Waals surface area contributed by atoms with Crippen molar-refractivity contribution in [3.8, 4) is 28.4 Å². The number of aldehydes is 1. The normalized spacial score (nSPS) is 10.9. The fourth-order valence-electron chi connectivity index (χ4n) is 2.72. The first kappa shape index (κ1) is 14.9. The molecule has 0 amide bonds. The van der Waals surface area contributed by atoms with E-state index in [0.717, 1.165) is 16.5 Å². The van der Waals surface area contributed by atoms with E-state index in [2.05, 4.69) is 0 Å². The number of phenols is 3. The topological polar surface area (TPSA) is 77.8 Å². The third kappa shape index (κ3) is 2.38. The van der Waals surface area contributed by atoms with Crippen molar-refractivity contribution in [3.63, 3.8) is 0 Å². The van der Waals surface area contributed by atoms with Gasteiger partial charge in [-0.2, -0.15) is 0 Å². The molecular weight excluding hydrogens is 292 g/mol. The van der Waals surface area contributed by atoms with Gasteiger partial charge in [0.1, 0.15) is 17.2 Å². The summed E-state index contributed by atoms with van der Waals surface area (Å²) in [5.41, 5.74) is 3.12. The zero-order valence-electron chi connectivity index (χ0n) is 12.8. The summed E-state index contributed by atoms with van der Waals surface area (Å²) >= 11 is 0. The highest BCUT2D eigenvalue weighted by atomic mass is 16.3. The largest absolute Gasteiger partial charge is 0.508 e. The molecule has 0 heterocycles. The van der Waals surface area contributed by atoms with Crippen LogP contribution in [0.4, 0.5) is 0 Å². The van der Waals surface area contributed by atoms with Gasteiger partial charge in [0.25, 0.3) is 0 Å². The summed E-state index contributed by atoms with van der Waals surface area (Å²) in [6.07, 6.45) is 0.586. The molecule has 116 valence electrons. The number of benzene rings is 3. The minimum atomic E-state index is -0.149. The number of carbonyl (C=O) groups excluding carboxylic acids is 1. The molecule has 4 heteroatoms. The fraction of sp³-hybridized carbons (Fsp3) is 0.105. The zero-order chi connectivity index (χ0) is 16.7. The highest BCUT2D eigenvalue weighted by Gasteiger charge is 2.15. The summed E-state index contributed by atoms with van der Waals surface area (Å²) in [4.78, 5) is 11.3. The molecule has 0 atom stereocenters. The summed E-state index contributed by atoms with van der Waals surface area (Å²) in [5.74, 6) is 0.106. The molecule has 0 radical (unpaired) electrons. The molecule has 0 saturated carbocycles. The van der Waals surface area contributed by atoms with Gasteiger partial charge in [0.15, 0.2) is 6.29 Å². The molecule has 0 unspecified atom stereocenters. The highest BCUT2D eigenvalue weighted by molar-refractivity contribution is 6.05. The smallest absolute Gasteiger partial charge is 0.153 e. The quantitative estimate of drug-likeness (QED) is 0.624. The molecule has 0 fully saturated rings. The average molecular weight is 308 g/mol. The highest BCUT2D eigenvalue weighted by Crippen LogP contribution is 2.40. The van der Waals surface area contributed by atoms with Gasteiger partial charge in [-0.25, -0.2) is 0 Å². The first-order chi connectivity index (χ1) is 10.9. The van der Waals surface area contributed by atoms with Crippen molar-refractivity contribution in [2.45, 2.75) is 13.8 Å². The van der Waals surface area contributed by atoms with Crippen molar-refractivity contribution in [2.75, 3.05) is 0 Å². The van der Waals surface area contributed by atoms with E-state index in [1.165, 1.54) is 6.07 Å². The third-order valence-corrected chi connectivity index (χ3v) is 4.09. The van der Waals surface area contributed by atoms with E-state index >= 15 is 0 Å². The number of fused-ring (bicyclic) bond motifs is 1. The summed E-state index contributed by atoms with van der Waals surface area (Å²) in [6, 6.07) is 10.0. The summed E-state index contributed by atoms with van der Waals surface area (Å²) < 4.78 is 0. The van der Waals surface area contributed by atoms with Crippen LogP contribution in [0.15, 0.2) is 36.4 Å². The van der Waals surface area contributed by atoms with Gasteiger partial charge in [-0.15, -0.1) is 0 Å². The van der Waals surface area contributed by atoms with Gasteiger partial charge in [0.05, 0.1) is 5.56 Å². The predicted molar refractivity (Wildman–Crippen MR) is 89.2 cm³/mol. The van der Waals surface area contributed by atoms with Crippen molar-refractivity contribution in [3.05, 3.63) is 53.1 Å². The summed E-state index contributed by atoms with van der Waals surface area (Å²) in [6.45, 7) is 3.56. The Balaban J connectivity index is 2.43. The maximum atomic E-state index is 11.3. The molecule has 0 aromatic heterocycles. The van der Waals surface area contributed by atoms with E-state index in [1.54, 1.807) is 38.1 Å².